The van der Waals surface area contributed by atoms with E-state index in [1.165, 1.54) is 7.11 Å². The van der Waals surface area contributed by atoms with Crippen molar-refractivity contribution in [1.82, 2.24) is 5.32 Å². The molecule has 2 rings (SSSR count). The summed E-state index contributed by atoms with van der Waals surface area (Å²) < 4.78 is 20.0. The van der Waals surface area contributed by atoms with Crippen LogP contribution in [0.15, 0.2) is 16.6 Å². The molecule has 0 radical (unpaired) electrons. The first kappa shape index (κ1) is 11.9. The van der Waals surface area contributed by atoms with E-state index in [-0.39, 0.29) is 11.7 Å². The van der Waals surface area contributed by atoms with Gasteiger partial charge in [-0.3, -0.25) is 0 Å². The van der Waals surface area contributed by atoms with Gasteiger partial charge in [0.2, 0.25) is 0 Å². The van der Waals surface area contributed by atoms with Crippen molar-refractivity contribution < 1.29 is 9.13 Å². The number of benzene rings is 1. The SMILES string of the molecule is COc1ccc(Br)c(C2CCCNC2)c1F. The Labute approximate surface area is 103 Å². The summed E-state index contributed by atoms with van der Waals surface area (Å²) >= 11 is 3.42. The van der Waals surface area contributed by atoms with Gasteiger partial charge in [0.05, 0.1) is 7.11 Å². The first-order valence-electron chi connectivity index (χ1n) is 5.46. The Morgan fingerprint density at radius 3 is 2.94 bits per heavy atom. The van der Waals surface area contributed by atoms with Crippen LogP contribution in [-0.4, -0.2) is 20.2 Å². The van der Waals surface area contributed by atoms with E-state index in [0.29, 0.717) is 5.75 Å². The summed E-state index contributed by atoms with van der Waals surface area (Å²) in [5.74, 6) is 0.326. The molecule has 1 aliphatic rings. The van der Waals surface area contributed by atoms with Crippen molar-refractivity contribution in [2.24, 2.45) is 0 Å². The van der Waals surface area contributed by atoms with Crippen LogP contribution in [0.3, 0.4) is 0 Å². The summed E-state index contributed by atoms with van der Waals surface area (Å²) in [5, 5.41) is 3.30. The Morgan fingerprint density at radius 2 is 2.31 bits per heavy atom. The van der Waals surface area contributed by atoms with E-state index < -0.39 is 0 Å². The molecule has 16 heavy (non-hydrogen) atoms. The first-order chi connectivity index (χ1) is 7.74. The van der Waals surface area contributed by atoms with Gasteiger partial charge in [0.1, 0.15) is 0 Å². The van der Waals surface area contributed by atoms with Gasteiger partial charge in [-0.05, 0) is 31.5 Å². The maximum absolute atomic E-state index is 14.1. The molecule has 1 heterocycles. The van der Waals surface area contributed by atoms with E-state index >= 15 is 0 Å². The van der Waals surface area contributed by atoms with Crippen molar-refractivity contribution in [3.63, 3.8) is 0 Å². The van der Waals surface area contributed by atoms with Crippen LogP contribution in [0, 0.1) is 5.82 Å². The summed E-state index contributed by atoms with van der Waals surface area (Å²) in [7, 11) is 1.50. The second-order valence-electron chi connectivity index (χ2n) is 4.02. The number of hydrogen-bond acceptors (Lipinski definition) is 2. The zero-order valence-electron chi connectivity index (χ0n) is 9.22. The van der Waals surface area contributed by atoms with Crippen molar-refractivity contribution in [2.45, 2.75) is 18.8 Å². The van der Waals surface area contributed by atoms with Crippen LogP contribution >= 0.6 is 15.9 Å². The third-order valence-electron chi connectivity index (χ3n) is 3.02. The monoisotopic (exact) mass is 287 g/mol. The Morgan fingerprint density at radius 1 is 1.50 bits per heavy atom. The van der Waals surface area contributed by atoms with Crippen LogP contribution in [0.2, 0.25) is 0 Å². The van der Waals surface area contributed by atoms with Crippen LogP contribution in [0.5, 0.6) is 5.75 Å². The van der Waals surface area contributed by atoms with Gasteiger partial charge in [0, 0.05) is 22.5 Å². The minimum Gasteiger partial charge on any atom is -0.494 e. The van der Waals surface area contributed by atoms with E-state index in [0.717, 1.165) is 36.0 Å². The molecule has 4 heteroatoms. The molecule has 1 aromatic rings. The van der Waals surface area contributed by atoms with E-state index in [1.54, 1.807) is 6.07 Å². The van der Waals surface area contributed by atoms with Gasteiger partial charge in [-0.15, -0.1) is 0 Å². The standard InChI is InChI=1S/C12H15BrFNO/c1-16-10-5-4-9(13)11(12(10)14)8-3-2-6-15-7-8/h4-5,8,15H,2-3,6-7H2,1H3. The van der Waals surface area contributed by atoms with Gasteiger partial charge in [0.25, 0.3) is 0 Å². The number of rotatable bonds is 2. The molecule has 0 saturated carbocycles. The molecular formula is C12H15BrFNO. The molecular weight excluding hydrogens is 273 g/mol. The van der Waals surface area contributed by atoms with Gasteiger partial charge in [-0.2, -0.15) is 0 Å². The minimum absolute atomic E-state index is 0.231. The summed E-state index contributed by atoms with van der Waals surface area (Å²) in [6.07, 6.45) is 2.11. The minimum atomic E-state index is -0.231. The zero-order chi connectivity index (χ0) is 11.5. The molecule has 2 nitrogen and oxygen atoms in total. The van der Waals surface area contributed by atoms with Crippen LogP contribution < -0.4 is 10.1 Å². The predicted molar refractivity (Wildman–Crippen MR) is 65.5 cm³/mol. The lowest BCUT2D eigenvalue weighted by molar-refractivity contribution is 0.376. The Hall–Kier alpha value is -0.610. The fraction of sp³-hybridized carbons (Fsp3) is 0.500. The lowest BCUT2D eigenvalue weighted by Gasteiger charge is -2.25. The van der Waals surface area contributed by atoms with Crippen LogP contribution in [0.1, 0.15) is 24.3 Å². The molecule has 0 aromatic heterocycles. The fourth-order valence-electron chi connectivity index (χ4n) is 2.18. The average Bonchev–Trinajstić information content (AvgIpc) is 2.31. The van der Waals surface area contributed by atoms with Crippen molar-refractivity contribution >= 4 is 15.9 Å². The van der Waals surface area contributed by atoms with Crippen molar-refractivity contribution in [2.75, 3.05) is 20.2 Å². The summed E-state index contributed by atoms with van der Waals surface area (Å²) in [6, 6.07) is 3.50. The molecule has 0 amide bonds. The number of halogens is 2. The predicted octanol–water partition coefficient (Wildman–Crippen LogP) is 3.06. The second-order valence-corrected chi connectivity index (χ2v) is 4.87. The zero-order valence-corrected chi connectivity index (χ0v) is 10.8. The molecule has 1 N–H and O–H groups in total. The van der Waals surface area contributed by atoms with Crippen LogP contribution in [0.25, 0.3) is 0 Å². The van der Waals surface area contributed by atoms with Gasteiger partial charge in [-0.1, -0.05) is 15.9 Å². The topological polar surface area (TPSA) is 21.3 Å². The highest BCUT2D eigenvalue weighted by atomic mass is 79.9. The molecule has 1 aliphatic heterocycles. The van der Waals surface area contributed by atoms with Gasteiger partial charge < -0.3 is 10.1 Å². The molecule has 0 bridgehead atoms. The van der Waals surface area contributed by atoms with E-state index in [9.17, 15) is 4.39 Å². The Bertz CT molecular complexity index is 378. The normalized spacial score (nSPS) is 20.8. The quantitative estimate of drug-likeness (QED) is 0.903. The van der Waals surface area contributed by atoms with Gasteiger partial charge in [0.15, 0.2) is 11.6 Å². The van der Waals surface area contributed by atoms with Crippen molar-refractivity contribution in [3.8, 4) is 5.75 Å². The number of piperidine rings is 1. The van der Waals surface area contributed by atoms with E-state index in [2.05, 4.69) is 21.2 Å². The van der Waals surface area contributed by atoms with Crippen LogP contribution in [-0.2, 0) is 0 Å². The number of nitrogens with one attached hydrogen (secondary N) is 1. The lowest BCUT2D eigenvalue weighted by Crippen LogP contribution is -2.29. The fourth-order valence-corrected chi connectivity index (χ4v) is 2.81. The maximum Gasteiger partial charge on any atom is 0.169 e. The number of ether oxygens (including phenoxy) is 1. The smallest absolute Gasteiger partial charge is 0.169 e. The molecule has 88 valence electrons. The highest BCUT2D eigenvalue weighted by Crippen LogP contribution is 2.35. The molecule has 0 spiro atoms. The molecule has 1 fully saturated rings. The van der Waals surface area contributed by atoms with E-state index in [1.807, 2.05) is 6.07 Å². The first-order valence-corrected chi connectivity index (χ1v) is 6.26. The molecule has 1 atom stereocenters. The highest BCUT2D eigenvalue weighted by Gasteiger charge is 2.23. The Balaban J connectivity index is 2.37. The summed E-state index contributed by atoms with van der Waals surface area (Å²) in [6.45, 7) is 1.86. The molecule has 0 aliphatic carbocycles. The third-order valence-corrected chi connectivity index (χ3v) is 3.71. The number of methoxy groups -OCH3 is 1. The van der Waals surface area contributed by atoms with Gasteiger partial charge in [-0.25, -0.2) is 4.39 Å². The molecule has 1 saturated heterocycles. The van der Waals surface area contributed by atoms with Gasteiger partial charge >= 0.3 is 0 Å². The highest BCUT2D eigenvalue weighted by molar-refractivity contribution is 9.10. The van der Waals surface area contributed by atoms with Crippen molar-refractivity contribution in [1.29, 1.82) is 0 Å². The summed E-state index contributed by atoms with van der Waals surface area (Å²) in [4.78, 5) is 0. The second kappa shape index (κ2) is 5.15. The largest absolute Gasteiger partial charge is 0.494 e. The Kier molecular flexibility index (Phi) is 3.82. The molecule has 1 unspecified atom stereocenters. The number of hydrogen-bond donors (Lipinski definition) is 1. The van der Waals surface area contributed by atoms with Crippen LogP contribution in [0.4, 0.5) is 4.39 Å². The average molecular weight is 288 g/mol. The van der Waals surface area contributed by atoms with Crippen molar-refractivity contribution in [3.05, 3.63) is 28.0 Å². The lowest BCUT2D eigenvalue weighted by atomic mass is 9.91. The molecule has 1 aromatic carbocycles. The summed E-state index contributed by atoms with van der Waals surface area (Å²) in [5.41, 5.74) is 0.742. The third kappa shape index (κ3) is 2.23. The maximum atomic E-state index is 14.1. The van der Waals surface area contributed by atoms with E-state index in [4.69, 9.17) is 4.74 Å².